The summed E-state index contributed by atoms with van der Waals surface area (Å²) in [7, 11) is 1.73. The van der Waals surface area contributed by atoms with Crippen molar-refractivity contribution in [3.05, 3.63) is 0 Å². The third kappa shape index (κ3) is 8.49. The summed E-state index contributed by atoms with van der Waals surface area (Å²) in [5.41, 5.74) is 0. The Balaban J connectivity index is 2.46. The van der Waals surface area contributed by atoms with Gasteiger partial charge in [-0.05, 0) is 32.2 Å². The second kappa shape index (κ2) is 11.3. The fourth-order valence-electron chi connectivity index (χ4n) is 2.52. The molecule has 1 amide bonds. The summed E-state index contributed by atoms with van der Waals surface area (Å²) in [5.74, 6) is -1.29. The van der Waals surface area contributed by atoms with Crippen molar-refractivity contribution >= 4 is 34.7 Å². The summed E-state index contributed by atoms with van der Waals surface area (Å²) in [5, 5.41) is 2.93. The number of ether oxygens (including phenoxy) is 1. The highest BCUT2D eigenvalue weighted by Crippen LogP contribution is 2.19. The van der Waals surface area contributed by atoms with Crippen molar-refractivity contribution in [1.29, 1.82) is 0 Å². The van der Waals surface area contributed by atoms with Crippen molar-refractivity contribution in [1.82, 2.24) is 10.2 Å². The van der Waals surface area contributed by atoms with Gasteiger partial charge in [-0.2, -0.15) is 0 Å². The zero-order valence-corrected chi connectivity index (χ0v) is 16.0. The molecule has 1 aliphatic heterocycles. The van der Waals surface area contributed by atoms with Crippen LogP contribution in [-0.4, -0.2) is 59.8 Å². The number of unbranched alkanes of at least 4 members (excludes halogenated alkanes) is 1. The molecule has 1 heterocycles. The van der Waals surface area contributed by atoms with E-state index in [1.54, 1.807) is 11.9 Å². The minimum atomic E-state index is -0.563. The third-order valence-corrected chi connectivity index (χ3v) is 5.18. The SMILES string of the molecule is CC(=O)SCC(CCCCN(C)C(C)=O)C(=O)OC(=O)[C@@H]1CCCN1. The molecule has 2 atom stereocenters. The number of rotatable bonds is 9. The van der Waals surface area contributed by atoms with Crippen LogP contribution in [-0.2, 0) is 23.9 Å². The average molecular weight is 372 g/mol. The molecule has 1 N–H and O–H groups in total. The van der Waals surface area contributed by atoms with Crippen LogP contribution in [0.4, 0.5) is 0 Å². The van der Waals surface area contributed by atoms with Gasteiger partial charge in [0.25, 0.3) is 0 Å². The van der Waals surface area contributed by atoms with Gasteiger partial charge < -0.3 is 15.0 Å². The smallest absolute Gasteiger partial charge is 0.330 e. The van der Waals surface area contributed by atoms with Crippen LogP contribution in [0.2, 0.25) is 0 Å². The van der Waals surface area contributed by atoms with E-state index in [2.05, 4.69) is 5.32 Å². The lowest BCUT2D eigenvalue weighted by molar-refractivity contribution is -0.163. The Morgan fingerprint density at radius 1 is 1.24 bits per heavy atom. The normalized spacial score (nSPS) is 17.8. The van der Waals surface area contributed by atoms with Crippen molar-refractivity contribution in [3.8, 4) is 0 Å². The Bertz CT molecular complexity index is 491. The molecule has 7 nitrogen and oxygen atoms in total. The maximum Gasteiger partial charge on any atom is 0.330 e. The molecule has 142 valence electrons. The molecule has 0 spiro atoms. The van der Waals surface area contributed by atoms with Crippen molar-refractivity contribution in [2.45, 2.75) is 52.0 Å². The number of hydrogen-bond donors (Lipinski definition) is 1. The molecule has 1 saturated heterocycles. The van der Waals surface area contributed by atoms with E-state index in [9.17, 15) is 19.2 Å². The summed E-state index contributed by atoms with van der Waals surface area (Å²) >= 11 is 1.07. The summed E-state index contributed by atoms with van der Waals surface area (Å²) in [6.45, 7) is 4.32. The van der Waals surface area contributed by atoms with E-state index in [-0.39, 0.29) is 11.0 Å². The zero-order chi connectivity index (χ0) is 18.8. The minimum absolute atomic E-state index is 0.00208. The Hall–Kier alpha value is -1.41. The van der Waals surface area contributed by atoms with Crippen LogP contribution in [0.5, 0.6) is 0 Å². The Morgan fingerprint density at radius 2 is 1.96 bits per heavy atom. The largest absolute Gasteiger partial charge is 0.392 e. The van der Waals surface area contributed by atoms with Gasteiger partial charge >= 0.3 is 11.9 Å². The molecule has 0 aromatic carbocycles. The molecule has 0 aliphatic carbocycles. The molecule has 0 radical (unpaired) electrons. The van der Waals surface area contributed by atoms with Crippen LogP contribution in [0, 0.1) is 5.92 Å². The van der Waals surface area contributed by atoms with E-state index in [1.807, 2.05) is 0 Å². The summed E-state index contributed by atoms with van der Waals surface area (Å²) in [4.78, 5) is 48.2. The molecule has 0 aromatic rings. The molecule has 0 saturated carbocycles. The van der Waals surface area contributed by atoms with Crippen LogP contribution in [0.15, 0.2) is 0 Å². The predicted octanol–water partition coefficient (Wildman–Crippen LogP) is 1.35. The Kier molecular flexibility index (Phi) is 9.74. The number of nitrogens with one attached hydrogen (secondary N) is 1. The fourth-order valence-corrected chi connectivity index (χ4v) is 3.26. The quantitative estimate of drug-likeness (QED) is 0.371. The van der Waals surface area contributed by atoms with E-state index in [1.165, 1.54) is 13.8 Å². The highest BCUT2D eigenvalue weighted by Gasteiger charge is 2.29. The van der Waals surface area contributed by atoms with E-state index < -0.39 is 23.9 Å². The van der Waals surface area contributed by atoms with Gasteiger partial charge in [0, 0.05) is 33.2 Å². The van der Waals surface area contributed by atoms with E-state index in [4.69, 9.17) is 4.74 Å². The predicted molar refractivity (Wildman–Crippen MR) is 95.9 cm³/mol. The van der Waals surface area contributed by atoms with Crippen LogP contribution < -0.4 is 5.32 Å². The van der Waals surface area contributed by atoms with Gasteiger partial charge in [-0.25, -0.2) is 4.79 Å². The van der Waals surface area contributed by atoms with Crippen LogP contribution in [0.25, 0.3) is 0 Å². The first kappa shape index (κ1) is 21.6. The number of esters is 2. The molecule has 1 unspecified atom stereocenters. The monoisotopic (exact) mass is 372 g/mol. The highest BCUT2D eigenvalue weighted by molar-refractivity contribution is 8.13. The lowest BCUT2D eigenvalue weighted by atomic mass is 10.0. The molecule has 0 aromatic heterocycles. The molecule has 1 aliphatic rings. The minimum Gasteiger partial charge on any atom is -0.392 e. The van der Waals surface area contributed by atoms with Gasteiger partial charge in [-0.15, -0.1) is 0 Å². The van der Waals surface area contributed by atoms with Gasteiger partial charge in [-0.3, -0.25) is 14.4 Å². The first-order chi connectivity index (χ1) is 11.8. The molecule has 0 bridgehead atoms. The standard InChI is InChI=1S/C17H28N2O5S/c1-12(20)19(3)10-5-4-7-14(11-25-13(2)21)16(22)24-17(23)15-8-6-9-18-15/h14-15,18H,4-11H2,1-3H3/t14?,15-/m0/s1. The maximum absolute atomic E-state index is 12.3. The van der Waals surface area contributed by atoms with E-state index >= 15 is 0 Å². The Labute approximate surface area is 153 Å². The number of thioether (sulfide) groups is 1. The van der Waals surface area contributed by atoms with E-state index in [0.29, 0.717) is 31.6 Å². The molecule has 1 fully saturated rings. The van der Waals surface area contributed by atoms with Crippen LogP contribution in [0.3, 0.4) is 0 Å². The molecular weight excluding hydrogens is 344 g/mol. The molecular formula is C17H28N2O5S. The lowest BCUT2D eigenvalue weighted by Gasteiger charge is -2.17. The van der Waals surface area contributed by atoms with Gasteiger partial charge in [0.1, 0.15) is 6.04 Å². The first-order valence-electron chi connectivity index (χ1n) is 8.65. The van der Waals surface area contributed by atoms with Crippen LogP contribution >= 0.6 is 11.8 Å². The first-order valence-corrected chi connectivity index (χ1v) is 9.63. The van der Waals surface area contributed by atoms with Crippen molar-refractivity contribution in [3.63, 3.8) is 0 Å². The molecule has 8 heteroatoms. The van der Waals surface area contributed by atoms with Gasteiger partial charge in [-0.1, -0.05) is 18.2 Å². The summed E-state index contributed by atoms with van der Waals surface area (Å²) in [6, 6.07) is -0.408. The van der Waals surface area contributed by atoms with Crippen molar-refractivity contribution < 1.29 is 23.9 Å². The van der Waals surface area contributed by atoms with Gasteiger partial charge in [0.2, 0.25) is 5.91 Å². The van der Waals surface area contributed by atoms with Gasteiger partial charge in [0.05, 0.1) is 5.92 Å². The second-order valence-electron chi connectivity index (χ2n) is 6.32. The third-order valence-electron chi connectivity index (χ3n) is 4.20. The van der Waals surface area contributed by atoms with Crippen molar-refractivity contribution in [2.75, 3.05) is 25.9 Å². The second-order valence-corrected chi connectivity index (χ2v) is 7.52. The lowest BCUT2D eigenvalue weighted by Crippen LogP contribution is -2.35. The van der Waals surface area contributed by atoms with Crippen molar-refractivity contribution in [2.24, 2.45) is 5.92 Å². The average Bonchev–Trinajstić information content (AvgIpc) is 3.07. The van der Waals surface area contributed by atoms with Gasteiger partial charge in [0.15, 0.2) is 5.12 Å². The highest BCUT2D eigenvalue weighted by atomic mass is 32.2. The number of hydrogen-bond acceptors (Lipinski definition) is 7. The number of carbonyl (C=O) groups is 4. The van der Waals surface area contributed by atoms with Crippen LogP contribution in [0.1, 0.15) is 46.0 Å². The summed E-state index contributed by atoms with van der Waals surface area (Å²) < 4.78 is 5.02. The summed E-state index contributed by atoms with van der Waals surface area (Å²) in [6.07, 6.45) is 3.56. The zero-order valence-electron chi connectivity index (χ0n) is 15.2. The maximum atomic E-state index is 12.3. The number of nitrogens with zero attached hydrogens (tertiary/aromatic N) is 1. The molecule has 25 heavy (non-hydrogen) atoms. The number of carbonyl (C=O) groups excluding carboxylic acids is 4. The Morgan fingerprint density at radius 3 is 2.52 bits per heavy atom. The topological polar surface area (TPSA) is 92.8 Å². The fraction of sp³-hybridized carbons (Fsp3) is 0.765. The van der Waals surface area contributed by atoms with E-state index in [0.717, 1.165) is 31.1 Å². The molecule has 1 rings (SSSR count). The number of amides is 1.